The molecule has 0 radical (unpaired) electrons. The van der Waals surface area contributed by atoms with E-state index >= 15 is 0 Å². The van der Waals surface area contributed by atoms with Crippen molar-refractivity contribution >= 4 is 25.7 Å². The molecule has 4 nitrogen and oxygen atoms in total. The fourth-order valence-corrected chi connectivity index (χ4v) is 2.58. The summed E-state index contributed by atoms with van der Waals surface area (Å²) in [6.07, 6.45) is 1.60. The quantitative estimate of drug-likeness (QED) is 0.171. The lowest BCUT2D eigenvalue weighted by Gasteiger charge is -2.15. The van der Waals surface area contributed by atoms with Crippen LogP contribution >= 0.6 is 0 Å². The second-order valence-electron chi connectivity index (χ2n) is 6.72. The highest BCUT2D eigenvalue weighted by molar-refractivity contribution is 6.76. The van der Waals surface area contributed by atoms with Crippen molar-refractivity contribution < 1.29 is 19.1 Å². The normalized spacial score (nSPS) is 11.0. The molecule has 1 aromatic carbocycles. The Morgan fingerprint density at radius 1 is 1.04 bits per heavy atom. The van der Waals surface area contributed by atoms with Crippen molar-refractivity contribution in [1.82, 2.24) is 0 Å². The van der Waals surface area contributed by atoms with Gasteiger partial charge in [-0.25, -0.2) is 0 Å². The SMILES string of the molecule is CC(=O)C(=Cc1ccc(OCOCC[Si](C)(C)C)cc1)C(C)=O. The van der Waals surface area contributed by atoms with E-state index in [1.54, 1.807) is 18.2 Å². The minimum atomic E-state index is -1.07. The number of Topliss-reactive ketones (excluding diaryl/α,β-unsaturated/α-hetero) is 2. The van der Waals surface area contributed by atoms with Gasteiger partial charge >= 0.3 is 0 Å². The van der Waals surface area contributed by atoms with Crippen LogP contribution in [0.1, 0.15) is 19.4 Å². The maximum Gasteiger partial charge on any atom is 0.189 e. The van der Waals surface area contributed by atoms with Crippen LogP contribution in [0.2, 0.25) is 25.7 Å². The molecule has 0 saturated heterocycles. The van der Waals surface area contributed by atoms with Gasteiger partial charge in [-0.05, 0) is 43.7 Å². The Bertz CT molecular complexity index is 552. The number of carbonyl (C=O) groups excluding carboxylic acids is 2. The highest BCUT2D eigenvalue weighted by atomic mass is 28.3. The summed E-state index contributed by atoms with van der Waals surface area (Å²) in [5.74, 6) is 0.240. The summed E-state index contributed by atoms with van der Waals surface area (Å²) < 4.78 is 11.0. The van der Waals surface area contributed by atoms with Crippen LogP contribution in [0.3, 0.4) is 0 Å². The topological polar surface area (TPSA) is 52.6 Å². The average Bonchev–Trinajstić information content (AvgIpc) is 2.44. The van der Waals surface area contributed by atoms with Gasteiger partial charge in [0.25, 0.3) is 0 Å². The number of hydrogen-bond acceptors (Lipinski definition) is 4. The van der Waals surface area contributed by atoms with Gasteiger partial charge < -0.3 is 9.47 Å². The number of rotatable bonds is 9. The molecule has 0 amide bonds. The molecule has 0 heterocycles. The Morgan fingerprint density at radius 3 is 2.09 bits per heavy atom. The van der Waals surface area contributed by atoms with Crippen molar-refractivity contribution in [2.45, 2.75) is 39.5 Å². The molecule has 0 aliphatic rings. The van der Waals surface area contributed by atoms with Gasteiger partial charge in [-0.3, -0.25) is 9.59 Å². The first kappa shape index (κ1) is 19.3. The van der Waals surface area contributed by atoms with Gasteiger partial charge in [0, 0.05) is 14.7 Å². The summed E-state index contributed by atoms with van der Waals surface area (Å²) in [5.41, 5.74) is 0.991. The van der Waals surface area contributed by atoms with Gasteiger partial charge in [0.15, 0.2) is 18.4 Å². The third kappa shape index (κ3) is 7.90. The molecule has 0 fully saturated rings. The smallest absolute Gasteiger partial charge is 0.189 e. The highest BCUT2D eigenvalue weighted by Crippen LogP contribution is 2.15. The monoisotopic (exact) mass is 334 g/mol. The summed E-state index contributed by atoms with van der Waals surface area (Å²) in [5, 5.41) is 0. The molecular formula is C18H26O4Si. The Labute approximate surface area is 139 Å². The lowest BCUT2D eigenvalue weighted by atomic mass is 10.0. The highest BCUT2D eigenvalue weighted by Gasteiger charge is 2.12. The van der Waals surface area contributed by atoms with Crippen molar-refractivity contribution in [3.05, 3.63) is 35.4 Å². The van der Waals surface area contributed by atoms with E-state index in [1.807, 2.05) is 12.1 Å². The standard InChI is InChI=1S/C18H26O4Si/c1-14(19)18(15(2)20)12-16-6-8-17(9-7-16)22-13-21-10-11-23(3,4)5/h6-9,12H,10-11,13H2,1-5H3. The number of hydrogen-bond donors (Lipinski definition) is 0. The van der Waals surface area contributed by atoms with Crippen LogP contribution in [0, 0.1) is 0 Å². The fourth-order valence-electron chi connectivity index (χ4n) is 1.83. The Hall–Kier alpha value is -1.72. The van der Waals surface area contributed by atoms with Crippen molar-refractivity contribution in [1.29, 1.82) is 0 Å². The van der Waals surface area contributed by atoms with E-state index in [-0.39, 0.29) is 23.9 Å². The first-order valence-electron chi connectivity index (χ1n) is 7.73. The zero-order valence-electron chi connectivity index (χ0n) is 14.6. The first-order chi connectivity index (χ1) is 10.7. The number of benzene rings is 1. The molecule has 0 bridgehead atoms. The van der Waals surface area contributed by atoms with Crippen LogP contribution in [0.15, 0.2) is 29.8 Å². The summed E-state index contributed by atoms with van der Waals surface area (Å²) in [7, 11) is -1.07. The van der Waals surface area contributed by atoms with Crippen molar-refractivity contribution in [2.24, 2.45) is 0 Å². The molecular weight excluding hydrogens is 308 g/mol. The number of allylic oxidation sites excluding steroid dienone is 1. The van der Waals surface area contributed by atoms with E-state index in [4.69, 9.17) is 9.47 Å². The maximum absolute atomic E-state index is 11.4. The number of ketones is 2. The molecule has 0 aromatic heterocycles. The third-order valence-electron chi connectivity index (χ3n) is 3.26. The lowest BCUT2D eigenvalue weighted by molar-refractivity contribution is -0.119. The lowest BCUT2D eigenvalue weighted by Crippen LogP contribution is -2.22. The van der Waals surface area contributed by atoms with Crippen molar-refractivity contribution in [2.75, 3.05) is 13.4 Å². The van der Waals surface area contributed by atoms with E-state index in [2.05, 4.69) is 19.6 Å². The van der Waals surface area contributed by atoms with Gasteiger partial charge in [-0.1, -0.05) is 31.8 Å². The van der Waals surface area contributed by atoms with E-state index in [0.717, 1.165) is 18.2 Å². The predicted molar refractivity (Wildman–Crippen MR) is 95.4 cm³/mol. The molecule has 0 unspecified atom stereocenters. The Morgan fingerprint density at radius 2 is 1.61 bits per heavy atom. The van der Waals surface area contributed by atoms with Gasteiger partial charge in [-0.2, -0.15) is 0 Å². The molecule has 1 aromatic rings. The predicted octanol–water partition coefficient (Wildman–Crippen LogP) is 3.94. The Kier molecular flexibility index (Phi) is 7.39. The first-order valence-corrected chi connectivity index (χ1v) is 11.4. The zero-order chi connectivity index (χ0) is 17.5. The second kappa shape index (κ2) is 8.79. The van der Waals surface area contributed by atoms with Gasteiger partial charge in [0.2, 0.25) is 0 Å². The molecule has 5 heteroatoms. The zero-order valence-corrected chi connectivity index (χ0v) is 15.6. The summed E-state index contributed by atoms with van der Waals surface area (Å²) in [6.45, 7) is 10.6. The van der Waals surface area contributed by atoms with E-state index in [0.29, 0.717) is 5.75 Å². The summed E-state index contributed by atoms with van der Waals surface area (Å²) >= 11 is 0. The minimum Gasteiger partial charge on any atom is -0.468 e. The molecule has 23 heavy (non-hydrogen) atoms. The van der Waals surface area contributed by atoms with E-state index in [9.17, 15) is 9.59 Å². The minimum absolute atomic E-state index is 0.202. The molecule has 0 N–H and O–H groups in total. The molecule has 0 saturated carbocycles. The van der Waals surface area contributed by atoms with Crippen molar-refractivity contribution in [3.8, 4) is 5.75 Å². The molecule has 0 spiro atoms. The van der Waals surface area contributed by atoms with E-state index in [1.165, 1.54) is 13.8 Å². The number of ether oxygens (including phenoxy) is 2. The molecule has 0 aliphatic carbocycles. The molecule has 126 valence electrons. The molecule has 1 rings (SSSR count). The van der Waals surface area contributed by atoms with E-state index < -0.39 is 8.07 Å². The largest absolute Gasteiger partial charge is 0.468 e. The van der Waals surface area contributed by atoms with Crippen LogP contribution in [0.4, 0.5) is 0 Å². The fraction of sp³-hybridized carbons (Fsp3) is 0.444. The summed E-state index contributed by atoms with van der Waals surface area (Å²) in [4.78, 5) is 22.8. The average molecular weight is 334 g/mol. The second-order valence-corrected chi connectivity index (χ2v) is 12.3. The molecule has 0 atom stereocenters. The summed E-state index contributed by atoms with van der Waals surface area (Å²) in [6, 6.07) is 8.32. The maximum atomic E-state index is 11.4. The Balaban J connectivity index is 2.52. The molecule has 0 aliphatic heterocycles. The van der Waals surface area contributed by atoms with Crippen LogP contribution in [-0.4, -0.2) is 33.0 Å². The van der Waals surface area contributed by atoms with Crippen LogP contribution in [-0.2, 0) is 14.3 Å². The van der Waals surface area contributed by atoms with Gasteiger partial charge in [-0.15, -0.1) is 0 Å². The van der Waals surface area contributed by atoms with Crippen molar-refractivity contribution in [3.63, 3.8) is 0 Å². The van der Waals surface area contributed by atoms with Gasteiger partial charge in [0.05, 0.1) is 5.57 Å². The van der Waals surface area contributed by atoms with Crippen LogP contribution in [0.5, 0.6) is 5.75 Å². The number of carbonyl (C=O) groups is 2. The third-order valence-corrected chi connectivity index (χ3v) is 4.96. The van der Waals surface area contributed by atoms with Gasteiger partial charge in [0.1, 0.15) is 5.75 Å². The van der Waals surface area contributed by atoms with Crippen LogP contribution < -0.4 is 4.74 Å². The van der Waals surface area contributed by atoms with Crippen LogP contribution in [0.25, 0.3) is 6.08 Å².